The number of para-hydroxylation sites is 2. The van der Waals surface area contributed by atoms with Gasteiger partial charge in [0, 0.05) is 32.8 Å². The molecule has 0 aliphatic rings. The van der Waals surface area contributed by atoms with Gasteiger partial charge in [-0.05, 0) is 93.2 Å². The van der Waals surface area contributed by atoms with Gasteiger partial charge in [0.2, 0.25) is 0 Å². The molecule has 11 aromatic rings. The van der Waals surface area contributed by atoms with Gasteiger partial charge < -0.3 is 9.13 Å². The summed E-state index contributed by atoms with van der Waals surface area (Å²) in [5, 5.41) is 7.55. The average Bonchev–Trinajstić information content (AvgIpc) is 3.77. The molecule has 0 bridgehead atoms. The lowest BCUT2D eigenvalue weighted by atomic mass is 9.99. The van der Waals surface area contributed by atoms with Crippen LogP contribution in [0.5, 0.6) is 0 Å². The highest BCUT2D eigenvalue weighted by Crippen LogP contribution is 2.42. The molecule has 0 aliphatic carbocycles. The van der Waals surface area contributed by atoms with E-state index in [2.05, 4.69) is 215 Å². The van der Waals surface area contributed by atoms with Gasteiger partial charge in [-0.3, -0.25) is 0 Å². The molecule has 0 spiro atoms. The van der Waals surface area contributed by atoms with Crippen molar-refractivity contribution in [3.8, 4) is 44.8 Å². The number of nitrogens with zero attached hydrogens (tertiary/aromatic N) is 2. The number of hydrogen-bond donors (Lipinski definition) is 0. The predicted octanol–water partition coefficient (Wildman–Crippen LogP) is 14.0. The zero-order valence-corrected chi connectivity index (χ0v) is 29.5. The van der Waals surface area contributed by atoms with Crippen molar-refractivity contribution < 1.29 is 0 Å². The van der Waals surface area contributed by atoms with Crippen LogP contribution in [-0.4, -0.2) is 9.13 Å². The van der Waals surface area contributed by atoms with Gasteiger partial charge in [-0.25, -0.2) is 0 Å². The molecule has 11 rings (SSSR count). The van der Waals surface area contributed by atoms with Crippen molar-refractivity contribution in [1.29, 1.82) is 0 Å². The van der Waals surface area contributed by atoms with E-state index in [0.29, 0.717) is 0 Å². The van der Waals surface area contributed by atoms with Crippen LogP contribution in [-0.2, 0) is 0 Å². The number of benzene rings is 9. The molecule has 2 heterocycles. The Balaban J connectivity index is 1.11. The Hall–Kier alpha value is -7.16. The van der Waals surface area contributed by atoms with E-state index in [4.69, 9.17) is 0 Å². The molecule has 0 aliphatic heterocycles. The molecule has 0 N–H and O–H groups in total. The highest BCUT2D eigenvalue weighted by atomic mass is 15.0. The quantitative estimate of drug-likeness (QED) is 0.171. The first kappa shape index (κ1) is 30.5. The number of aromatic nitrogens is 2. The number of fused-ring (bicyclic) bond motifs is 8. The topological polar surface area (TPSA) is 9.86 Å². The highest BCUT2D eigenvalue weighted by Gasteiger charge is 2.19. The summed E-state index contributed by atoms with van der Waals surface area (Å²) in [6.07, 6.45) is 0. The van der Waals surface area contributed by atoms with Gasteiger partial charge in [0.05, 0.1) is 27.8 Å². The molecule has 252 valence electrons. The maximum absolute atomic E-state index is 2.46. The lowest BCUT2D eigenvalue weighted by Gasteiger charge is -2.14. The number of rotatable bonds is 5. The van der Waals surface area contributed by atoms with Gasteiger partial charge in [0.1, 0.15) is 0 Å². The molecule has 2 nitrogen and oxygen atoms in total. The van der Waals surface area contributed by atoms with Crippen LogP contribution in [0.1, 0.15) is 0 Å². The third kappa shape index (κ3) is 4.74. The largest absolute Gasteiger partial charge is 0.309 e. The minimum absolute atomic E-state index is 1.16. The molecule has 0 fully saturated rings. The van der Waals surface area contributed by atoms with E-state index in [1.807, 2.05) is 0 Å². The maximum Gasteiger partial charge on any atom is 0.0547 e. The molecular weight excluding hydrogens is 653 g/mol. The monoisotopic (exact) mass is 686 g/mol. The van der Waals surface area contributed by atoms with E-state index in [1.165, 1.54) is 93.5 Å². The zero-order chi connectivity index (χ0) is 35.6. The molecule has 0 amide bonds. The van der Waals surface area contributed by atoms with Crippen molar-refractivity contribution >= 4 is 54.4 Å². The molecule has 2 heteroatoms. The summed E-state index contributed by atoms with van der Waals surface area (Å²) in [5.74, 6) is 0. The molecule has 0 saturated heterocycles. The summed E-state index contributed by atoms with van der Waals surface area (Å²) >= 11 is 0. The Labute approximate surface area is 313 Å². The van der Waals surface area contributed by atoms with E-state index >= 15 is 0 Å². The molecule has 0 unspecified atom stereocenters. The fraction of sp³-hybridized carbons (Fsp3) is 0. The van der Waals surface area contributed by atoms with Gasteiger partial charge in [0.15, 0.2) is 0 Å². The van der Waals surface area contributed by atoms with E-state index in [-0.39, 0.29) is 0 Å². The van der Waals surface area contributed by atoms with Crippen LogP contribution in [0.25, 0.3) is 99.1 Å². The normalized spacial score (nSPS) is 11.7. The molecular formula is C52H34N2. The minimum Gasteiger partial charge on any atom is -0.309 e. The first-order chi connectivity index (χ1) is 26.8. The molecule has 9 aromatic carbocycles. The SMILES string of the molecule is c1ccc(-c2ccc(-n3c4ccccc4c4cc(-c5ccc6c(c5)c5c7ccccc7ccc5n6-c5ccccc5-c5ccccc5)ccc43)cc2)cc1. The first-order valence-corrected chi connectivity index (χ1v) is 18.6. The van der Waals surface area contributed by atoms with Gasteiger partial charge in [-0.2, -0.15) is 0 Å². The molecule has 2 aromatic heterocycles. The van der Waals surface area contributed by atoms with E-state index in [9.17, 15) is 0 Å². The summed E-state index contributed by atoms with van der Waals surface area (Å²) in [6.45, 7) is 0. The van der Waals surface area contributed by atoms with Crippen LogP contribution in [0.3, 0.4) is 0 Å². The van der Waals surface area contributed by atoms with Crippen molar-refractivity contribution in [2.24, 2.45) is 0 Å². The van der Waals surface area contributed by atoms with E-state index in [0.717, 1.165) is 5.69 Å². The highest BCUT2D eigenvalue weighted by molar-refractivity contribution is 6.22. The van der Waals surface area contributed by atoms with Crippen molar-refractivity contribution in [3.05, 3.63) is 206 Å². The van der Waals surface area contributed by atoms with Crippen molar-refractivity contribution in [3.63, 3.8) is 0 Å². The first-order valence-electron chi connectivity index (χ1n) is 18.6. The second-order valence-corrected chi connectivity index (χ2v) is 14.1. The van der Waals surface area contributed by atoms with Gasteiger partial charge in [0.25, 0.3) is 0 Å². The standard InChI is InChI=1S/C52H34N2/c1-3-13-35(14-4-1)36-23-28-41(29-24-36)53-48-22-12-10-20-44(48)45-33-39(26-30-49(45)53)40-27-31-50-46(34-40)52-43-19-8-7-17-38(43)25-32-51(52)54(50)47-21-11-9-18-42(47)37-15-5-2-6-16-37/h1-34H. The Morgan fingerprint density at radius 2 is 0.815 bits per heavy atom. The summed E-state index contributed by atoms with van der Waals surface area (Å²) in [7, 11) is 0. The minimum atomic E-state index is 1.16. The maximum atomic E-state index is 2.46. The van der Waals surface area contributed by atoms with Crippen LogP contribution < -0.4 is 0 Å². The van der Waals surface area contributed by atoms with Crippen LogP contribution in [0.4, 0.5) is 0 Å². The Morgan fingerprint density at radius 3 is 1.59 bits per heavy atom. The van der Waals surface area contributed by atoms with E-state index < -0.39 is 0 Å². The Bertz CT molecular complexity index is 3180. The number of hydrogen-bond acceptors (Lipinski definition) is 0. The summed E-state index contributed by atoms with van der Waals surface area (Å²) in [5.41, 5.74) is 14.4. The predicted molar refractivity (Wildman–Crippen MR) is 229 cm³/mol. The zero-order valence-electron chi connectivity index (χ0n) is 29.5. The summed E-state index contributed by atoms with van der Waals surface area (Å²) in [6, 6.07) is 75.2. The van der Waals surface area contributed by atoms with E-state index in [1.54, 1.807) is 0 Å². The molecule has 0 atom stereocenters. The average molecular weight is 687 g/mol. The van der Waals surface area contributed by atoms with Crippen molar-refractivity contribution in [2.45, 2.75) is 0 Å². The second-order valence-electron chi connectivity index (χ2n) is 14.1. The lowest BCUT2D eigenvalue weighted by molar-refractivity contribution is 1.18. The summed E-state index contributed by atoms with van der Waals surface area (Å²) < 4.78 is 4.86. The third-order valence-electron chi connectivity index (χ3n) is 11.1. The van der Waals surface area contributed by atoms with Crippen LogP contribution in [0.2, 0.25) is 0 Å². The van der Waals surface area contributed by atoms with Crippen LogP contribution in [0, 0.1) is 0 Å². The fourth-order valence-electron chi connectivity index (χ4n) is 8.62. The van der Waals surface area contributed by atoms with Gasteiger partial charge >= 0.3 is 0 Å². The van der Waals surface area contributed by atoms with Crippen molar-refractivity contribution in [2.75, 3.05) is 0 Å². The molecule has 54 heavy (non-hydrogen) atoms. The fourth-order valence-corrected chi connectivity index (χ4v) is 8.62. The smallest absolute Gasteiger partial charge is 0.0547 e. The van der Waals surface area contributed by atoms with Crippen LogP contribution >= 0.6 is 0 Å². The Morgan fingerprint density at radius 1 is 0.278 bits per heavy atom. The third-order valence-corrected chi connectivity index (χ3v) is 11.1. The molecule has 0 radical (unpaired) electrons. The van der Waals surface area contributed by atoms with Gasteiger partial charge in [-0.1, -0.05) is 152 Å². The Kier molecular flexibility index (Phi) is 6.90. The molecule has 0 saturated carbocycles. The summed E-state index contributed by atoms with van der Waals surface area (Å²) in [4.78, 5) is 0. The van der Waals surface area contributed by atoms with Crippen LogP contribution in [0.15, 0.2) is 206 Å². The second kappa shape index (κ2) is 12.2. The van der Waals surface area contributed by atoms with Gasteiger partial charge in [-0.15, -0.1) is 0 Å². The van der Waals surface area contributed by atoms with Crippen molar-refractivity contribution in [1.82, 2.24) is 9.13 Å². The lowest BCUT2D eigenvalue weighted by Crippen LogP contribution is -1.97.